The van der Waals surface area contributed by atoms with Gasteiger partial charge in [0.05, 0.1) is 5.52 Å². The molecule has 1 aromatic heterocycles. The van der Waals surface area contributed by atoms with Gasteiger partial charge in [-0.25, -0.2) is 9.59 Å². The number of rotatable bonds is 4. The highest BCUT2D eigenvalue weighted by Gasteiger charge is 2.50. The van der Waals surface area contributed by atoms with Crippen LogP contribution in [0.3, 0.4) is 0 Å². The number of phenols is 1. The molecular weight excluding hydrogens is 476 g/mol. The minimum absolute atomic E-state index is 0.00836. The summed E-state index contributed by atoms with van der Waals surface area (Å²) in [4.78, 5) is 56.9. The Morgan fingerprint density at radius 3 is 2.62 bits per heavy atom. The molecule has 3 N–H and O–H groups in total. The standard InChI is InChI=1S/C27H28N4O6/c1-14-10-16(12-22-23(14)29-27(36)37-22)24(33)19-13-20(19)25(34)30-7-5-17(6-8-30)31-9-4-15-11-18(32)2-3-21(15)28-26(31)35/h2-3,10-12,17,19-20,32H,4-9,13H2,1H3,(H,28,35)(H,29,36)/t19-,20-/m0/s1. The molecule has 6 rings (SSSR count). The molecule has 192 valence electrons. The Labute approximate surface area is 212 Å². The van der Waals surface area contributed by atoms with Crippen LogP contribution >= 0.6 is 0 Å². The van der Waals surface area contributed by atoms with Crippen LogP contribution in [-0.4, -0.2) is 63.3 Å². The van der Waals surface area contributed by atoms with Gasteiger partial charge in [0.15, 0.2) is 11.4 Å². The fourth-order valence-corrected chi connectivity index (χ4v) is 5.76. The first-order valence-corrected chi connectivity index (χ1v) is 12.6. The molecule has 2 aromatic carbocycles. The molecule has 2 fully saturated rings. The molecule has 37 heavy (non-hydrogen) atoms. The van der Waals surface area contributed by atoms with Crippen molar-refractivity contribution in [3.05, 3.63) is 57.6 Å². The van der Waals surface area contributed by atoms with Gasteiger partial charge in [-0.2, -0.15) is 0 Å². The number of carbonyl (C=O) groups is 3. The number of aromatic nitrogens is 1. The molecule has 1 saturated heterocycles. The van der Waals surface area contributed by atoms with Gasteiger partial charge in [0, 0.05) is 48.8 Å². The number of benzene rings is 2. The minimum Gasteiger partial charge on any atom is -0.508 e. The van der Waals surface area contributed by atoms with Crippen LogP contribution in [0.5, 0.6) is 5.75 Å². The number of anilines is 1. The predicted molar refractivity (Wildman–Crippen MR) is 135 cm³/mol. The lowest BCUT2D eigenvalue weighted by Gasteiger charge is -2.38. The third-order valence-electron chi connectivity index (χ3n) is 7.89. The third kappa shape index (κ3) is 4.26. The lowest BCUT2D eigenvalue weighted by molar-refractivity contribution is -0.134. The van der Waals surface area contributed by atoms with Gasteiger partial charge in [-0.05, 0) is 74.1 Å². The number of piperidine rings is 1. The predicted octanol–water partition coefficient (Wildman–Crippen LogP) is 3.04. The second-order valence-electron chi connectivity index (χ2n) is 10.3. The van der Waals surface area contributed by atoms with Crippen molar-refractivity contribution in [3.8, 4) is 5.75 Å². The maximum absolute atomic E-state index is 13.2. The van der Waals surface area contributed by atoms with Crippen molar-refractivity contribution in [1.82, 2.24) is 14.8 Å². The van der Waals surface area contributed by atoms with Gasteiger partial charge >= 0.3 is 11.8 Å². The number of ketones is 1. The topological polar surface area (TPSA) is 136 Å². The number of phenolic OH excluding ortho intramolecular Hbond substituents is 1. The van der Waals surface area contributed by atoms with Gasteiger partial charge in [0.1, 0.15) is 5.75 Å². The minimum atomic E-state index is -0.563. The van der Waals surface area contributed by atoms with Crippen LogP contribution in [0, 0.1) is 18.8 Å². The molecule has 0 radical (unpaired) electrons. The number of Topliss-reactive ketones (excluding diaryl/α,β-unsaturated/α-hetero) is 1. The molecule has 2 aliphatic heterocycles. The van der Waals surface area contributed by atoms with E-state index < -0.39 is 5.76 Å². The highest BCUT2D eigenvalue weighted by atomic mass is 16.4. The Balaban J connectivity index is 1.06. The van der Waals surface area contributed by atoms with Gasteiger partial charge < -0.3 is 24.6 Å². The number of carbonyl (C=O) groups excluding carboxylic acids is 3. The van der Waals surface area contributed by atoms with Crippen LogP contribution in [0.1, 0.15) is 40.7 Å². The summed E-state index contributed by atoms with van der Waals surface area (Å²) in [5, 5.41) is 12.7. The normalized spacial score (nSPS) is 21.9. The van der Waals surface area contributed by atoms with Crippen molar-refractivity contribution in [1.29, 1.82) is 0 Å². The largest absolute Gasteiger partial charge is 0.508 e. The van der Waals surface area contributed by atoms with E-state index in [4.69, 9.17) is 4.42 Å². The molecule has 3 amide bonds. The molecular formula is C27H28N4O6. The van der Waals surface area contributed by atoms with Gasteiger partial charge in [-0.15, -0.1) is 0 Å². The quantitative estimate of drug-likeness (QED) is 0.369. The highest BCUT2D eigenvalue weighted by molar-refractivity contribution is 6.05. The van der Waals surface area contributed by atoms with E-state index in [0.29, 0.717) is 62.0 Å². The van der Waals surface area contributed by atoms with E-state index in [1.165, 1.54) is 0 Å². The van der Waals surface area contributed by atoms with Gasteiger partial charge in [-0.1, -0.05) is 0 Å². The van der Waals surface area contributed by atoms with E-state index in [0.717, 1.165) is 16.8 Å². The molecule has 2 atom stereocenters. The number of hydrogen-bond acceptors (Lipinski definition) is 6. The fourth-order valence-electron chi connectivity index (χ4n) is 5.76. The Bertz CT molecular complexity index is 1480. The Morgan fingerprint density at radius 1 is 1.05 bits per heavy atom. The molecule has 1 saturated carbocycles. The van der Waals surface area contributed by atoms with Crippen molar-refractivity contribution in [2.45, 2.75) is 38.6 Å². The number of nitrogens with zero attached hydrogens (tertiary/aromatic N) is 2. The molecule has 10 heteroatoms. The van der Waals surface area contributed by atoms with E-state index in [1.54, 1.807) is 37.3 Å². The smallest absolute Gasteiger partial charge is 0.417 e. The second-order valence-corrected chi connectivity index (χ2v) is 10.3. The van der Waals surface area contributed by atoms with Crippen molar-refractivity contribution in [2.75, 3.05) is 25.0 Å². The average molecular weight is 505 g/mol. The first-order valence-electron chi connectivity index (χ1n) is 12.6. The van der Waals surface area contributed by atoms with E-state index >= 15 is 0 Å². The lowest BCUT2D eigenvalue weighted by atomic mass is 10.0. The zero-order chi connectivity index (χ0) is 25.8. The zero-order valence-electron chi connectivity index (χ0n) is 20.5. The van der Waals surface area contributed by atoms with Crippen molar-refractivity contribution in [3.63, 3.8) is 0 Å². The number of nitrogens with one attached hydrogen (secondary N) is 2. The zero-order valence-corrected chi connectivity index (χ0v) is 20.5. The van der Waals surface area contributed by atoms with Crippen LogP contribution in [-0.2, 0) is 11.2 Å². The number of H-pyrrole nitrogens is 1. The number of amides is 3. The number of urea groups is 1. The fraction of sp³-hybridized carbons (Fsp3) is 0.407. The second kappa shape index (κ2) is 8.79. The number of aromatic amines is 1. The van der Waals surface area contributed by atoms with Crippen molar-refractivity contribution in [2.24, 2.45) is 11.8 Å². The van der Waals surface area contributed by atoms with Crippen LogP contribution in [0.2, 0.25) is 0 Å². The van der Waals surface area contributed by atoms with Crippen LogP contribution < -0.4 is 11.1 Å². The molecule has 3 heterocycles. The summed E-state index contributed by atoms with van der Waals surface area (Å²) in [5.74, 6) is -1.19. The molecule has 1 aliphatic carbocycles. The maximum Gasteiger partial charge on any atom is 0.417 e. The molecule has 10 nitrogen and oxygen atoms in total. The van der Waals surface area contributed by atoms with E-state index in [-0.39, 0.29) is 41.3 Å². The Hall–Kier alpha value is -4.08. The van der Waals surface area contributed by atoms with Crippen molar-refractivity contribution < 1.29 is 23.9 Å². The summed E-state index contributed by atoms with van der Waals surface area (Å²) in [5.41, 5.74) is 3.74. The number of fused-ring (bicyclic) bond motifs is 2. The Kier molecular flexibility index (Phi) is 5.54. The van der Waals surface area contributed by atoms with E-state index in [9.17, 15) is 24.3 Å². The first kappa shape index (κ1) is 23.3. The molecule has 0 spiro atoms. The number of oxazole rings is 1. The van der Waals surface area contributed by atoms with Gasteiger partial charge in [-0.3, -0.25) is 14.6 Å². The third-order valence-corrected chi connectivity index (χ3v) is 7.89. The van der Waals surface area contributed by atoms with Gasteiger partial charge in [0.25, 0.3) is 0 Å². The summed E-state index contributed by atoms with van der Waals surface area (Å²) in [6, 6.07) is 8.12. The first-order chi connectivity index (χ1) is 17.8. The lowest BCUT2D eigenvalue weighted by Crippen LogP contribution is -2.50. The molecule has 0 bridgehead atoms. The summed E-state index contributed by atoms with van der Waals surface area (Å²) in [6.07, 6.45) is 2.51. The Morgan fingerprint density at radius 2 is 1.84 bits per heavy atom. The van der Waals surface area contributed by atoms with Crippen LogP contribution in [0.15, 0.2) is 39.5 Å². The van der Waals surface area contributed by atoms with E-state index in [2.05, 4.69) is 10.3 Å². The number of aromatic hydroxyl groups is 1. The molecule has 0 unspecified atom stereocenters. The summed E-state index contributed by atoms with van der Waals surface area (Å²) >= 11 is 0. The molecule has 3 aromatic rings. The maximum atomic E-state index is 13.2. The van der Waals surface area contributed by atoms with Crippen LogP contribution in [0.25, 0.3) is 11.1 Å². The number of aryl methyl sites for hydroxylation is 1. The molecule has 3 aliphatic rings. The average Bonchev–Trinajstić information content (AvgIpc) is 3.61. The summed E-state index contributed by atoms with van der Waals surface area (Å²) in [7, 11) is 0. The highest BCUT2D eigenvalue weighted by Crippen LogP contribution is 2.43. The van der Waals surface area contributed by atoms with E-state index in [1.807, 2.05) is 9.80 Å². The number of likely N-dealkylation sites (tertiary alicyclic amines) is 1. The SMILES string of the molecule is Cc1cc(C(=O)[C@H]2C[C@@H]2C(=O)N2CCC(N3CCc4cc(O)ccc4NC3=O)CC2)cc2oc(=O)[nH]c12. The van der Waals surface area contributed by atoms with Crippen molar-refractivity contribution >= 4 is 34.5 Å². The summed E-state index contributed by atoms with van der Waals surface area (Å²) < 4.78 is 5.13. The summed E-state index contributed by atoms with van der Waals surface area (Å²) in [6.45, 7) is 3.43. The number of hydrogen-bond donors (Lipinski definition) is 3. The monoisotopic (exact) mass is 504 g/mol. The van der Waals surface area contributed by atoms with Gasteiger partial charge in [0.2, 0.25) is 5.91 Å². The van der Waals surface area contributed by atoms with Crippen LogP contribution in [0.4, 0.5) is 10.5 Å².